The number of nitrogens with zero attached hydrogens (tertiary/aromatic N) is 1. The fourth-order valence-corrected chi connectivity index (χ4v) is 2.20. The summed E-state index contributed by atoms with van der Waals surface area (Å²) in [5.74, 6) is -0.732. The van der Waals surface area contributed by atoms with Gasteiger partial charge in [-0.3, -0.25) is 4.79 Å². The molecule has 1 amide bonds. The highest BCUT2D eigenvalue weighted by molar-refractivity contribution is 6.06. The van der Waals surface area contributed by atoms with Crippen LogP contribution in [-0.4, -0.2) is 24.0 Å². The first kappa shape index (κ1) is 15.5. The summed E-state index contributed by atoms with van der Waals surface area (Å²) >= 11 is 0. The zero-order valence-electron chi connectivity index (χ0n) is 12.9. The molecule has 0 unspecified atom stereocenters. The Kier molecular flexibility index (Phi) is 4.38. The summed E-state index contributed by atoms with van der Waals surface area (Å²) in [6.07, 6.45) is 1.23. The van der Waals surface area contributed by atoms with Crippen molar-refractivity contribution in [2.75, 3.05) is 12.4 Å². The van der Waals surface area contributed by atoms with Gasteiger partial charge in [0.1, 0.15) is 5.69 Å². The Morgan fingerprint density at radius 1 is 1.04 bits per heavy atom. The van der Waals surface area contributed by atoms with Crippen LogP contribution in [0, 0.1) is 0 Å². The van der Waals surface area contributed by atoms with Crippen LogP contribution >= 0.6 is 0 Å². The van der Waals surface area contributed by atoms with Crippen LogP contribution in [0.25, 0.3) is 11.3 Å². The molecule has 0 spiro atoms. The SMILES string of the molecule is COC(=O)c1ccc(NC(=O)c2ocnc2-c2ccccc2)cc1. The minimum Gasteiger partial charge on any atom is -0.465 e. The molecule has 6 heteroatoms. The van der Waals surface area contributed by atoms with Gasteiger partial charge in [0.2, 0.25) is 5.76 Å². The number of benzene rings is 2. The first-order valence-corrected chi connectivity index (χ1v) is 7.17. The third kappa shape index (κ3) is 3.17. The van der Waals surface area contributed by atoms with E-state index in [1.165, 1.54) is 13.5 Å². The predicted molar refractivity (Wildman–Crippen MR) is 87.7 cm³/mol. The van der Waals surface area contributed by atoms with Gasteiger partial charge in [-0.05, 0) is 24.3 Å². The Morgan fingerprint density at radius 3 is 2.42 bits per heavy atom. The molecule has 0 saturated heterocycles. The molecular formula is C18H14N2O4. The molecule has 0 saturated carbocycles. The average molecular weight is 322 g/mol. The summed E-state index contributed by atoms with van der Waals surface area (Å²) in [5.41, 5.74) is 2.19. The highest BCUT2D eigenvalue weighted by Gasteiger charge is 2.18. The van der Waals surface area contributed by atoms with Crippen molar-refractivity contribution in [3.63, 3.8) is 0 Å². The number of carbonyl (C=O) groups excluding carboxylic acids is 2. The molecule has 24 heavy (non-hydrogen) atoms. The molecule has 6 nitrogen and oxygen atoms in total. The van der Waals surface area contributed by atoms with E-state index in [0.29, 0.717) is 16.9 Å². The zero-order valence-corrected chi connectivity index (χ0v) is 12.9. The van der Waals surface area contributed by atoms with Gasteiger partial charge in [0, 0.05) is 11.3 Å². The number of amides is 1. The van der Waals surface area contributed by atoms with Crippen molar-refractivity contribution in [3.8, 4) is 11.3 Å². The molecule has 1 N–H and O–H groups in total. The molecule has 0 aliphatic heterocycles. The summed E-state index contributed by atoms with van der Waals surface area (Å²) in [6.45, 7) is 0. The number of nitrogens with one attached hydrogen (secondary N) is 1. The Morgan fingerprint density at radius 2 is 1.75 bits per heavy atom. The largest absolute Gasteiger partial charge is 0.465 e. The fraction of sp³-hybridized carbons (Fsp3) is 0.0556. The number of carbonyl (C=O) groups is 2. The van der Waals surface area contributed by atoms with Crippen LogP contribution in [0.4, 0.5) is 5.69 Å². The smallest absolute Gasteiger partial charge is 0.337 e. The van der Waals surface area contributed by atoms with Crippen molar-refractivity contribution in [2.45, 2.75) is 0 Å². The quantitative estimate of drug-likeness (QED) is 0.745. The Balaban J connectivity index is 1.79. The summed E-state index contributed by atoms with van der Waals surface area (Å²) < 4.78 is 9.87. The Labute approximate surface area is 138 Å². The van der Waals surface area contributed by atoms with Crippen LogP contribution < -0.4 is 5.32 Å². The number of aromatic nitrogens is 1. The number of rotatable bonds is 4. The van der Waals surface area contributed by atoms with Gasteiger partial charge in [0.05, 0.1) is 12.7 Å². The van der Waals surface area contributed by atoms with Crippen molar-refractivity contribution in [1.82, 2.24) is 4.98 Å². The monoisotopic (exact) mass is 322 g/mol. The van der Waals surface area contributed by atoms with Crippen LogP contribution in [0.2, 0.25) is 0 Å². The molecule has 0 bridgehead atoms. The maximum absolute atomic E-state index is 12.4. The molecule has 0 atom stereocenters. The molecule has 0 radical (unpaired) electrons. The molecule has 0 aliphatic carbocycles. The molecule has 0 aliphatic rings. The lowest BCUT2D eigenvalue weighted by molar-refractivity contribution is 0.0600. The van der Waals surface area contributed by atoms with Gasteiger partial charge in [0.15, 0.2) is 6.39 Å². The van der Waals surface area contributed by atoms with E-state index in [1.54, 1.807) is 24.3 Å². The Bertz CT molecular complexity index is 854. The van der Waals surface area contributed by atoms with Gasteiger partial charge in [-0.15, -0.1) is 0 Å². The Hall–Kier alpha value is -3.41. The van der Waals surface area contributed by atoms with Gasteiger partial charge in [-0.25, -0.2) is 9.78 Å². The normalized spacial score (nSPS) is 10.2. The second-order valence-corrected chi connectivity index (χ2v) is 4.92. The minimum absolute atomic E-state index is 0.123. The van der Waals surface area contributed by atoms with Gasteiger partial charge >= 0.3 is 5.97 Å². The van der Waals surface area contributed by atoms with Gasteiger partial charge in [-0.1, -0.05) is 30.3 Å². The van der Waals surface area contributed by atoms with Crippen molar-refractivity contribution >= 4 is 17.6 Å². The average Bonchev–Trinajstić information content (AvgIpc) is 3.12. The van der Waals surface area contributed by atoms with Crippen molar-refractivity contribution < 1.29 is 18.7 Å². The lowest BCUT2D eigenvalue weighted by Crippen LogP contribution is -2.12. The van der Waals surface area contributed by atoms with Crippen LogP contribution in [0.3, 0.4) is 0 Å². The number of oxazole rings is 1. The van der Waals surface area contributed by atoms with E-state index in [2.05, 4.69) is 15.0 Å². The maximum Gasteiger partial charge on any atom is 0.337 e. The van der Waals surface area contributed by atoms with Gasteiger partial charge in [0.25, 0.3) is 5.91 Å². The fourth-order valence-electron chi connectivity index (χ4n) is 2.20. The molecule has 1 aromatic heterocycles. The standard InChI is InChI=1S/C18H14N2O4/c1-23-18(22)13-7-9-14(10-8-13)20-17(21)16-15(19-11-24-16)12-5-3-2-4-6-12/h2-11H,1H3,(H,20,21). The van der Waals surface area contributed by atoms with E-state index >= 15 is 0 Å². The first-order chi connectivity index (χ1) is 11.7. The van der Waals surface area contributed by atoms with Crippen LogP contribution in [-0.2, 0) is 4.74 Å². The van der Waals surface area contributed by atoms with Crippen LogP contribution in [0.5, 0.6) is 0 Å². The number of esters is 1. The predicted octanol–water partition coefficient (Wildman–Crippen LogP) is 3.38. The second-order valence-electron chi connectivity index (χ2n) is 4.92. The van der Waals surface area contributed by atoms with E-state index in [0.717, 1.165) is 5.56 Å². The van der Waals surface area contributed by atoms with E-state index in [4.69, 9.17) is 4.42 Å². The van der Waals surface area contributed by atoms with E-state index in [1.807, 2.05) is 30.3 Å². The summed E-state index contributed by atoms with van der Waals surface area (Å²) in [4.78, 5) is 27.9. The number of anilines is 1. The van der Waals surface area contributed by atoms with Crippen molar-refractivity contribution in [1.29, 1.82) is 0 Å². The summed E-state index contributed by atoms with van der Waals surface area (Å²) in [5, 5.41) is 2.71. The van der Waals surface area contributed by atoms with E-state index < -0.39 is 11.9 Å². The number of hydrogen-bond donors (Lipinski definition) is 1. The first-order valence-electron chi connectivity index (χ1n) is 7.17. The van der Waals surface area contributed by atoms with E-state index in [-0.39, 0.29) is 5.76 Å². The number of hydrogen-bond acceptors (Lipinski definition) is 5. The van der Waals surface area contributed by atoms with Gasteiger partial charge in [-0.2, -0.15) is 0 Å². The molecule has 1 heterocycles. The third-order valence-electron chi connectivity index (χ3n) is 3.38. The highest BCUT2D eigenvalue weighted by Crippen LogP contribution is 2.23. The highest BCUT2D eigenvalue weighted by atomic mass is 16.5. The van der Waals surface area contributed by atoms with Crippen molar-refractivity contribution in [3.05, 3.63) is 72.3 Å². The van der Waals surface area contributed by atoms with E-state index in [9.17, 15) is 9.59 Å². The summed E-state index contributed by atoms with van der Waals surface area (Å²) in [6, 6.07) is 15.7. The topological polar surface area (TPSA) is 81.4 Å². The molecular weight excluding hydrogens is 308 g/mol. The number of methoxy groups -OCH3 is 1. The van der Waals surface area contributed by atoms with Crippen molar-refractivity contribution in [2.24, 2.45) is 0 Å². The zero-order chi connectivity index (χ0) is 16.9. The molecule has 3 rings (SSSR count). The van der Waals surface area contributed by atoms with Crippen LogP contribution in [0.15, 0.2) is 65.4 Å². The molecule has 120 valence electrons. The second kappa shape index (κ2) is 6.78. The molecule has 0 fully saturated rings. The molecule has 2 aromatic carbocycles. The minimum atomic E-state index is -0.436. The van der Waals surface area contributed by atoms with Gasteiger partial charge < -0.3 is 14.5 Å². The lowest BCUT2D eigenvalue weighted by atomic mass is 10.1. The summed E-state index contributed by atoms with van der Waals surface area (Å²) in [7, 11) is 1.31. The maximum atomic E-state index is 12.4. The third-order valence-corrected chi connectivity index (χ3v) is 3.38. The van der Waals surface area contributed by atoms with Crippen LogP contribution in [0.1, 0.15) is 20.9 Å². The number of ether oxygens (including phenoxy) is 1. The lowest BCUT2D eigenvalue weighted by Gasteiger charge is -2.05. The molecule has 3 aromatic rings.